The van der Waals surface area contributed by atoms with Gasteiger partial charge in [-0.15, -0.1) is 0 Å². The molecule has 0 radical (unpaired) electrons. The summed E-state index contributed by atoms with van der Waals surface area (Å²) in [4.78, 5) is 13.4. The van der Waals surface area contributed by atoms with Crippen molar-refractivity contribution in [2.45, 2.75) is 32.3 Å². The van der Waals surface area contributed by atoms with Gasteiger partial charge in [-0.3, -0.25) is 4.79 Å². The van der Waals surface area contributed by atoms with Crippen LogP contribution in [0, 0.1) is 5.82 Å². The van der Waals surface area contributed by atoms with Gasteiger partial charge in [0.15, 0.2) is 0 Å². The predicted octanol–water partition coefficient (Wildman–Crippen LogP) is 4.18. The van der Waals surface area contributed by atoms with E-state index in [1.54, 1.807) is 19.2 Å². The van der Waals surface area contributed by atoms with Gasteiger partial charge in [-0.05, 0) is 49.2 Å². The van der Waals surface area contributed by atoms with E-state index in [0.29, 0.717) is 18.0 Å². The van der Waals surface area contributed by atoms with E-state index in [2.05, 4.69) is 17.0 Å². The fourth-order valence-electron chi connectivity index (χ4n) is 3.81. The minimum atomic E-state index is -0.833. The molecule has 0 bridgehead atoms. The van der Waals surface area contributed by atoms with E-state index >= 15 is 0 Å². The van der Waals surface area contributed by atoms with E-state index in [4.69, 9.17) is 19.4 Å². The van der Waals surface area contributed by atoms with Crippen molar-refractivity contribution in [1.82, 2.24) is 0 Å². The van der Waals surface area contributed by atoms with Gasteiger partial charge in [0.25, 0.3) is 5.97 Å². The Bertz CT molecular complexity index is 834. The number of hydrogen-bond donors (Lipinski definition) is 1. The topological polar surface area (TPSA) is 62.2 Å². The fourth-order valence-corrected chi connectivity index (χ4v) is 3.81. The van der Waals surface area contributed by atoms with Crippen LogP contribution in [0.5, 0.6) is 11.5 Å². The number of carbonyl (C=O) groups is 1. The van der Waals surface area contributed by atoms with Crippen LogP contribution in [0.2, 0.25) is 0 Å². The van der Waals surface area contributed by atoms with Gasteiger partial charge in [-0.1, -0.05) is 0 Å². The molecule has 2 heterocycles. The van der Waals surface area contributed by atoms with Crippen molar-refractivity contribution < 1.29 is 23.8 Å². The highest BCUT2D eigenvalue weighted by Gasteiger charge is 2.26. The SMILES string of the molecule is CC(=O)O.COc1ccc(F)c(N2CCC(Oc3ccc(N4CCCC4)cc3)C2)c1. The molecule has 0 spiro atoms. The smallest absolute Gasteiger partial charge is 0.300 e. The van der Waals surface area contributed by atoms with E-state index in [1.165, 1.54) is 24.6 Å². The number of ether oxygens (including phenoxy) is 2. The molecule has 162 valence electrons. The number of methoxy groups -OCH3 is 1. The summed E-state index contributed by atoms with van der Waals surface area (Å²) in [7, 11) is 1.60. The molecule has 1 unspecified atom stereocenters. The standard InChI is InChI=1S/C21H25FN2O2.C2H4O2/c1-25-18-8-9-20(22)21(14-18)24-13-10-19(15-24)26-17-6-4-16(5-7-17)23-11-2-3-12-23;1-2(3)4/h4-9,14,19H,2-3,10-13,15H2,1H3;1H3,(H,3,4). The molecule has 0 aromatic heterocycles. The zero-order chi connectivity index (χ0) is 21.5. The van der Waals surface area contributed by atoms with Crippen LogP contribution in [0.3, 0.4) is 0 Å². The largest absolute Gasteiger partial charge is 0.497 e. The van der Waals surface area contributed by atoms with Crippen LogP contribution in [-0.2, 0) is 4.79 Å². The molecule has 1 atom stereocenters. The Morgan fingerprint density at radius 2 is 1.67 bits per heavy atom. The van der Waals surface area contributed by atoms with Crippen LogP contribution in [0.25, 0.3) is 0 Å². The first-order valence-electron chi connectivity index (χ1n) is 10.3. The van der Waals surface area contributed by atoms with Crippen molar-refractivity contribution >= 4 is 17.3 Å². The van der Waals surface area contributed by atoms with Gasteiger partial charge in [0, 0.05) is 44.7 Å². The van der Waals surface area contributed by atoms with Crippen LogP contribution in [-0.4, -0.2) is 50.5 Å². The first-order valence-corrected chi connectivity index (χ1v) is 10.3. The summed E-state index contributed by atoms with van der Waals surface area (Å²) in [5, 5.41) is 7.42. The lowest BCUT2D eigenvalue weighted by Crippen LogP contribution is -2.25. The lowest BCUT2D eigenvalue weighted by Gasteiger charge is -2.21. The van der Waals surface area contributed by atoms with E-state index in [1.807, 2.05) is 17.0 Å². The molecular weight excluding hydrogens is 387 g/mol. The summed E-state index contributed by atoms with van der Waals surface area (Å²) in [5.41, 5.74) is 1.85. The van der Waals surface area contributed by atoms with Crippen LogP contribution < -0.4 is 19.3 Å². The molecule has 2 aromatic rings. The average molecular weight is 416 g/mol. The number of anilines is 2. The number of benzene rings is 2. The normalized spacial score (nSPS) is 18.0. The minimum absolute atomic E-state index is 0.0678. The van der Waals surface area contributed by atoms with Crippen LogP contribution in [0.1, 0.15) is 26.2 Å². The van der Waals surface area contributed by atoms with Crippen LogP contribution in [0.15, 0.2) is 42.5 Å². The highest BCUT2D eigenvalue weighted by molar-refractivity contribution is 5.63. The third-order valence-electron chi connectivity index (χ3n) is 5.25. The zero-order valence-corrected chi connectivity index (χ0v) is 17.5. The molecule has 0 saturated carbocycles. The lowest BCUT2D eigenvalue weighted by atomic mass is 10.2. The number of nitrogens with zero attached hydrogens (tertiary/aromatic N) is 2. The molecule has 2 aliphatic heterocycles. The van der Waals surface area contributed by atoms with Crippen molar-refractivity contribution in [1.29, 1.82) is 0 Å². The van der Waals surface area contributed by atoms with Crippen molar-refractivity contribution in [3.8, 4) is 11.5 Å². The Morgan fingerprint density at radius 1 is 1.03 bits per heavy atom. The molecule has 4 rings (SSSR count). The minimum Gasteiger partial charge on any atom is -0.497 e. The van der Waals surface area contributed by atoms with Gasteiger partial charge in [-0.2, -0.15) is 0 Å². The Labute approximate surface area is 176 Å². The second kappa shape index (κ2) is 10.2. The molecular formula is C23H29FN2O4. The first-order chi connectivity index (χ1) is 14.5. The third-order valence-corrected chi connectivity index (χ3v) is 5.25. The maximum Gasteiger partial charge on any atom is 0.300 e. The number of halogens is 1. The first kappa shape index (κ1) is 21.7. The number of carboxylic acids is 1. The summed E-state index contributed by atoms with van der Waals surface area (Å²) in [5.74, 6) is 0.496. The fraction of sp³-hybridized carbons (Fsp3) is 0.435. The van der Waals surface area contributed by atoms with E-state index in [-0.39, 0.29) is 11.9 Å². The summed E-state index contributed by atoms with van der Waals surface area (Å²) < 4.78 is 25.5. The molecule has 2 aliphatic rings. The Kier molecular flexibility index (Phi) is 7.38. The number of aliphatic carboxylic acids is 1. The summed E-state index contributed by atoms with van der Waals surface area (Å²) in [6, 6.07) is 13.2. The van der Waals surface area contributed by atoms with Crippen LogP contribution in [0.4, 0.5) is 15.8 Å². The number of hydrogen-bond acceptors (Lipinski definition) is 5. The summed E-state index contributed by atoms with van der Waals surface area (Å²) >= 11 is 0. The molecule has 30 heavy (non-hydrogen) atoms. The van der Waals surface area contributed by atoms with E-state index < -0.39 is 5.97 Å². The van der Waals surface area contributed by atoms with Crippen molar-refractivity contribution in [2.24, 2.45) is 0 Å². The molecule has 2 saturated heterocycles. The molecule has 0 amide bonds. The van der Waals surface area contributed by atoms with Gasteiger partial charge in [0.05, 0.1) is 19.3 Å². The van der Waals surface area contributed by atoms with Crippen molar-refractivity contribution in [3.63, 3.8) is 0 Å². The highest BCUT2D eigenvalue weighted by Crippen LogP contribution is 2.30. The molecule has 2 fully saturated rings. The molecule has 1 N–H and O–H groups in total. The van der Waals surface area contributed by atoms with E-state index in [9.17, 15) is 4.39 Å². The quantitative estimate of drug-likeness (QED) is 0.789. The second-order valence-electron chi connectivity index (χ2n) is 7.50. The highest BCUT2D eigenvalue weighted by atomic mass is 19.1. The monoisotopic (exact) mass is 416 g/mol. The van der Waals surface area contributed by atoms with Gasteiger partial charge in [-0.25, -0.2) is 4.39 Å². The zero-order valence-electron chi connectivity index (χ0n) is 17.5. The molecule has 0 aliphatic carbocycles. The summed E-state index contributed by atoms with van der Waals surface area (Å²) in [6.07, 6.45) is 3.50. The maximum absolute atomic E-state index is 14.2. The predicted molar refractivity (Wildman–Crippen MR) is 115 cm³/mol. The van der Waals surface area contributed by atoms with Gasteiger partial charge >= 0.3 is 0 Å². The number of carboxylic acid groups (broad SMARTS) is 1. The molecule has 6 nitrogen and oxygen atoms in total. The Morgan fingerprint density at radius 3 is 2.30 bits per heavy atom. The van der Waals surface area contributed by atoms with Crippen LogP contribution >= 0.6 is 0 Å². The Hall–Kier alpha value is -2.96. The average Bonchev–Trinajstić information content (AvgIpc) is 3.41. The lowest BCUT2D eigenvalue weighted by molar-refractivity contribution is -0.134. The second-order valence-corrected chi connectivity index (χ2v) is 7.50. The summed E-state index contributed by atoms with van der Waals surface area (Å²) in [6.45, 7) is 4.83. The van der Waals surface area contributed by atoms with Gasteiger partial charge in [0.2, 0.25) is 0 Å². The number of rotatable bonds is 5. The van der Waals surface area contributed by atoms with E-state index in [0.717, 1.165) is 38.7 Å². The Balaban J connectivity index is 0.000000589. The van der Waals surface area contributed by atoms with Crippen molar-refractivity contribution in [3.05, 3.63) is 48.3 Å². The van der Waals surface area contributed by atoms with Gasteiger partial charge < -0.3 is 24.4 Å². The molecule has 2 aromatic carbocycles. The third kappa shape index (κ3) is 5.78. The van der Waals surface area contributed by atoms with Gasteiger partial charge in [0.1, 0.15) is 23.4 Å². The van der Waals surface area contributed by atoms with Crippen molar-refractivity contribution in [2.75, 3.05) is 43.1 Å². The maximum atomic E-state index is 14.2. The molecule has 7 heteroatoms.